The molecule has 1 aliphatic heterocycles. The van der Waals surface area contributed by atoms with Gasteiger partial charge in [0.05, 0.1) is 24.8 Å². The van der Waals surface area contributed by atoms with Gasteiger partial charge in [0.15, 0.2) is 5.96 Å². The minimum atomic E-state index is -4.12. The maximum Gasteiger partial charge on any atom is 0.391 e. The van der Waals surface area contributed by atoms with Crippen molar-refractivity contribution in [3.63, 3.8) is 0 Å². The second kappa shape index (κ2) is 11.3. The Labute approximate surface area is 180 Å². The van der Waals surface area contributed by atoms with Gasteiger partial charge in [0.1, 0.15) is 5.76 Å². The third-order valence-electron chi connectivity index (χ3n) is 5.20. The summed E-state index contributed by atoms with van der Waals surface area (Å²) in [6.45, 7) is 1.87. The van der Waals surface area contributed by atoms with Crippen LogP contribution in [0.15, 0.2) is 27.8 Å². The number of hydrogen-bond acceptors (Lipinski definition) is 3. The number of halogens is 4. The number of nitrogens with one attached hydrogen (secondary N) is 2. The van der Waals surface area contributed by atoms with Crippen molar-refractivity contribution in [2.24, 2.45) is 10.9 Å². The maximum atomic E-state index is 13.1. The van der Waals surface area contributed by atoms with E-state index < -0.39 is 12.1 Å². The minimum Gasteiger partial charge on any atom is -0.469 e. The van der Waals surface area contributed by atoms with Crippen molar-refractivity contribution in [3.05, 3.63) is 24.2 Å². The second-order valence-electron chi connectivity index (χ2n) is 7.33. The molecule has 0 radical (unpaired) electrons. The Morgan fingerprint density at radius 2 is 2.07 bits per heavy atom. The fourth-order valence-corrected chi connectivity index (χ4v) is 3.70. The summed E-state index contributed by atoms with van der Waals surface area (Å²) in [6, 6.07) is 3.51. The van der Waals surface area contributed by atoms with Crippen LogP contribution in [0.25, 0.3) is 0 Å². The third-order valence-corrected chi connectivity index (χ3v) is 5.20. The summed E-state index contributed by atoms with van der Waals surface area (Å²) < 4.78 is 50.1. The summed E-state index contributed by atoms with van der Waals surface area (Å²) in [6.07, 6.45) is 1.91. The van der Waals surface area contributed by atoms with Gasteiger partial charge in [0.2, 0.25) is 0 Å². The van der Waals surface area contributed by atoms with Gasteiger partial charge in [0.25, 0.3) is 0 Å². The zero-order valence-corrected chi connectivity index (χ0v) is 18.2. The first kappa shape index (κ1) is 23.3. The lowest BCUT2D eigenvalue weighted by atomic mass is 9.85. The van der Waals surface area contributed by atoms with Gasteiger partial charge in [-0.1, -0.05) is 6.42 Å². The van der Waals surface area contributed by atoms with Gasteiger partial charge in [-0.2, -0.15) is 13.2 Å². The predicted molar refractivity (Wildman–Crippen MR) is 112 cm³/mol. The minimum absolute atomic E-state index is 0. The maximum absolute atomic E-state index is 13.1. The molecular formula is C19H29F3IN3O2. The molecule has 0 spiro atoms. The summed E-state index contributed by atoms with van der Waals surface area (Å²) in [5.41, 5.74) is 0. The number of aliphatic imine (C=N–C) groups is 1. The zero-order chi connectivity index (χ0) is 19.1. The van der Waals surface area contributed by atoms with Crippen molar-refractivity contribution in [2.75, 3.05) is 19.7 Å². The van der Waals surface area contributed by atoms with E-state index in [1.165, 1.54) is 0 Å². The van der Waals surface area contributed by atoms with Crippen LogP contribution in [0.3, 0.4) is 0 Å². The molecule has 1 aromatic heterocycles. The highest BCUT2D eigenvalue weighted by molar-refractivity contribution is 14.0. The molecule has 0 bridgehead atoms. The van der Waals surface area contributed by atoms with Crippen LogP contribution in [0, 0.1) is 5.92 Å². The van der Waals surface area contributed by atoms with E-state index in [2.05, 4.69) is 15.6 Å². The Morgan fingerprint density at radius 3 is 2.75 bits per heavy atom. The molecule has 2 fully saturated rings. The molecule has 160 valence electrons. The largest absolute Gasteiger partial charge is 0.469 e. The molecule has 1 saturated heterocycles. The summed E-state index contributed by atoms with van der Waals surface area (Å²) in [4.78, 5) is 4.56. The van der Waals surface area contributed by atoms with Crippen molar-refractivity contribution < 1.29 is 22.3 Å². The van der Waals surface area contributed by atoms with E-state index in [1.807, 2.05) is 12.1 Å². The number of guanidine groups is 1. The molecule has 1 aliphatic carbocycles. The van der Waals surface area contributed by atoms with Crippen molar-refractivity contribution in [1.29, 1.82) is 0 Å². The highest BCUT2D eigenvalue weighted by Crippen LogP contribution is 2.37. The van der Waals surface area contributed by atoms with Crippen LogP contribution in [-0.2, 0) is 11.2 Å². The standard InChI is InChI=1S/C19H28F3N3O2.HI/c20-19(21,22)14-4-1-5-15(12-14)25-18(24-13-17-7-3-11-27-17)23-9-8-16-6-2-10-26-16;/h2,6,10,14-15,17H,1,3-5,7-9,11-13H2,(H2,23,24,25);1H. The molecule has 2 heterocycles. The topological polar surface area (TPSA) is 58.8 Å². The molecule has 1 saturated carbocycles. The lowest BCUT2D eigenvalue weighted by Gasteiger charge is -2.32. The van der Waals surface area contributed by atoms with Gasteiger partial charge >= 0.3 is 6.18 Å². The third kappa shape index (κ3) is 7.46. The van der Waals surface area contributed by atoms with E-state index in [0.29, 0.717) is 31.9 Å². The van der Waals surface area contributed by atoms with Gasteiger partial charge in [-0.3, -0.25) is 4.99 Å². The first-order valence-corrected chi connectivity index (χ1v) is 9.76. The van der Waals surface area contributed by atoms with Crippen LogP contribution in [0.5, 0.6) is 0 Å². The Bertz CT molecular complexity index is 590. The Balaban J connectivity index is 0.00000280. The Hall–Kier alpha value is -0.970. The first-order chi connectivity index (χ1) is 13.0. The highest BCUT2D eigenvalue weighted by atomic mass is 127. The Morgan fingerprint density at radius 1 is 1.21 bits per heavy atom. The number of alkyl halides is 3. The van der Waals surface area contributed by atoms with E-state index in [-0.39, 0.29) is 49.0 Å². The fourth-order valence-electron chi connectivity index (χ4n) is 3.70. The quantitative estimate of drug-likeness (QED) is 0.338. The molecule has 3 rings (SSSR count). The highest BCUT2D eigenvalue weighted by Gasteiger charge is 2.42. The molecule has 3 atom stereocenters. The summed E-state index contributed by atoms with van der Waals surface area (Å²) >= 11 is 0. The lowest BCUT2D eigenvalue weighted by Crippen LogP contribution is -2.47. The van der Waals surface area contributed by atoms with Gasteiger partial charge in [0, 0.05) is 25.6 Å². The molecule has 28 heavy (non-hydrogen) atoms. The molecule has 1 aromatic rings. The predicted octanol–water partition coefficient (Wildman–Crippen LogP) is 4.28. The van der Waals surface area contributed by atoms with Crippen LogP contribution in [0.2, 0.25) is 0 Å². The van der Waals surface area contributed by atoms with Gasteiger partial charge in [-0.05, 0) is 44.2 Å². The monoisotopic (exact) mass is 515 g/mol. The first-order valence-electron chi connectivity index (χ1n) is 9.76. The van der Waals surface area contributed by atoms with Crippen molar-refractivity contribution in [2.45, 2.75) is 63.3 Å². The smallest absolute Gasteiger partial charge is 0.391 e. The molecule has 2 N–H and O–H groups in total. The lowest BCUT2D eigenvalue weighted by molar-refractivity contribution is -0.183. The van der Waals surface area contributed by atoms with Crippen LogP contribution < -0.4 is 10.6 Å². The normalized spacial score (nSPS) is 26.0. The van der Waals surface area contributed by atoms with Crippen LogP contribution in [-0.4, -0.2) is 44.0 Å². The van der Waals surface area contributed by atoms with Crippen molar-refractivity contribution >= 4 is 29.9 Å². The van der Waals surface area contributed by atoms with Crippen molar-refractivity contribution in [1.82, 2.24) is 10.6 Å². The molecule has 0 aromatic carbocycles. The van der Waals surface area contributed by atoms with Crippen molar-refractivity contribution in [3.8, 4) is 0 Å². The number of hydrogen-bond donors (Lipinski definition) is 2. The number of rotatable bonds is 6. The number of ether oxygens (including phenoxy) is 1. The van der Waals surface area contributed by atoms with E-state index >= 15 is 0 Å². The van der Waals surface area contributed by atoms with Gasteiger partial charge < -0.3 is 19.8 Å². The zero-order valence-electron chi connectivity index (χ0n) is 15.8. The van der Waals surface area contributed by atoms with Gasteiger partial charge in [-0.15, -0.1) is 24.0 Å². The fraction of sp³-hybridized carbons (Fsp3) is 0.737. The molecule has 2 aliphatic rings. The Kier molecular flexibility index (Phi) is 9.39. The van der Waals surface area contributed by atoms with Crippen LogP contribution in [0.1, 0.15) is 44.3 Å². The summed E-state index contributed by atoms with van der Waals surface area (Å²) in [7, 11) is 0. The van der Waals surface area contributed by atoms with Crippen LogP contribution in [0.4, 0.5) is 13.2 Å². The summed E-state index contributed by atoms with van der Waals surface area (Å²) in [5, 5.41) is 6.44. The van der Waals surface area contributed by atoms with Crippen LogP contribution >= 0.6 is 24.0 Å². The SMILES string of the molecule is FC(F)(F)C1CCCC(NC(=NCC2CCCO2)NCCc2ccco2)C1.I. The molecule has 5 nitrogen and oxygen atoms in total. The average Bonchev–Trinajstić information content (AvgIpc) is 3.33. The average molecular weight is 515 g/mol. The van der Waals surface area contributed by atoms with E-state index in [4.69, 9.17) is 9.15 Å². The van der Waals surface area contributed by atoms with Gasteiger partial charge in [-0.25, -0.2) is 0 Å². The molecule has 9 heteroatoms. The van der Waals surface area contributed by atoms with E-state index in [0.717, 1.165) is 31.6 Å². The second-order valence-corrected chi connectivity index (χ2v) is 7.33. The number of nitrogens with zero attached hydrogens (tertiary/aromatic N) is 1. The van der Waals surface area contributed by atoms with E-state index in [1.54, 1.807) is 6.26 Å². The number of furan rings is 1. The molecule has 0 amide bonds. The molecule has 3 unspecified atom stereocenters. The molecular weight excluding hydrogens is 486 g/mol. The summed E-state index contributed by atoms with van der Waals surface area (Å²) in [5.74, 6) is 0.187. The van der Waals surface area contributed by atoms with E-state index in [9.17, 15) is 13.2 Å².